The largest absolute Gasteiger partial charge is 0.335 e. The van der Waals surface area contributed by atoms with Crippen molar-refractivity contribution in [2.24, 2.45) is 0 Å². The Kier molecular flexibility index (Phi) is 10.4. The molecule has 0 aromatic heterocycles. The Hall–Kier alpha value is -1.45. The average molecular weight is 194 g/mol. The van der Waals surface area contributed by atoms with E-state index in [1.165, 1.54) is 4.90 Å². The van der Waals surface area contributed by atoms with Gasteiger partial charge in [0.05, 0.1) is 12.1 Å². The molecule has 78 valence electrons. The Bertz CT molecular complexity index is 224. The van der Waals surface area contributed by atoms with E-state index in [2.05, 4.69) is 17.2 Å². The van der Waals surface area contributed by atoms with Gasteiger partial charge in [-0.15, -0.1) is 12.8 Å². The molecule has 0 saturated carbocycles. The highest BCUT2D eigenvalue weighted by Crippen LogP contribution is 1.85. The van der Waals surface area contributed by atoms with Gasteiger partial charge in [-0.25, -0.2) is 0 Å². The van der Waals surface area contributed by atoms with Crippen LogP contribution >= 0.6 is 0 Å². The molecule has 2 atom stereocenters. The van der Waals surface area contributed by atoms with Gasteiger partial charge in [-0.1, -0.05) is 11.8 Å². The van der Waals surface area contributed by atoms with Crippen LogP contribution in [0, 0.1) is 24.7 Å². The molecule has 0 saturated heterocycles. The summed E-state index contributed by atoms with van der Waals surface area (Å²) < 4.78 is 0. The van der Waals surface area contributed by atoms with Gasteiger partial charge in [-0.3, -0.25) is 4.79 Å². The molecule has 0 bridgehead atoms. The molecule has 0 aliphatic rings. The van der Waals surface area contributed by atoms with E-state index in [1.807, 2.05) is 14.0 Å². The van der Waals surface area contributed by atoms with E-state index >= 15 is 0 Å². The van der Waals surface area contributed by atoms with Crippen molar-refractivity contribution in [1.29, 1.82) is 0 Å². The summed E-state index contributed by atoms with van der Waals surface area (Å²) in [7, 11) is 3.49. The average Bonchev–Trinajstić information content (AvgIpc) is 2.26. The first-order valence-electron chi connectivity index (χ1n) is 4.30. The van der Waals surface area contributed by atoms with E-state index in [9.17, 15) is 4.79 Å². The maximum Gasteiger partial charge on any atom is 0.210 e. The van der Waals surface area contributed by atoms with Crippen LogP contribution in [0.2, 0.25) is 0 Å². The highest BCUT2D eigenvalue weighted by atomic mass is 16.1. The number of hydrogen-bond acceptors (Lipinski definition) is 2. The summed E-state index contributed by atoms with van der Waals surface area (Å²) in [6.07, 6.45) is 10.7. The van der Waals surface area contributed by atoms with Gasteiger partial charge in [-0.05, 0) is 20.9 Å². The zero-order valence-corrected chi connectivity index (χ0v) is 9.24. The van der Waals surface area contributed by atoms with Crippen LogP contribution in [-0.2, 0) is 4.79 Å². The molecule has 0 rings (SSSR count). The molecule has 0 aromatic carbocycles. The number of terminal acetylenes is 2. The van der Waals surface area contributed by atoms with E-state index in [4.69, 9.17) is 12.8 Å². The summed E-state index contributed by atoms with van der Waals surface area (Å²) in [5, 5.41) is 2.88. The van der Waals surface area contributed by atoms with Gasteiger partial charge in [0.2, 0.25) is 6.41 Å². The summed E-state index contributed by atoms with van der Waals surface area (Å²) >= 11 is 0. The maximum absolute atomic E-state index is 9.94. The SMILES string of the molecule is C#CC(C)N(C)C=O.C#CC(C)NC. The van der Waals surface area contributed by atoms with Crippen molar-refractivity contribution in [2.45, 2.75) is 25.9 Å². The third-order valence-corrected chi connectivity index (χ3v) is 1.70. The van der Waals surface area contributed by atoms with Gasteiger partial charge in [0, 0.05) is 7.05 Å². The van der Waals surface area contributed by atoms with Crippen LogP contribution in [0.4, 0.5) is 0 Å². The second kappa shape index (κ2) is 9.64. The monoisotopic (exact) mass is 194 g/mol. The normalized spacial score (nSPS) is 12.1. The van der Waals surface area contributed by atoms with Crippen molar-refractivity contribution >= 4 is 6.41 Å². The first-order chi connectivity index (χ1) is 6.53. The van der Waals surface area contributed by atoms with Gasteiger partial charge < -0.3 is 10.2 Å². The fraction of sp³-hybridized carbons (Fsp3) is 0.545. The van der Waals surface area contributed by atoms with Crippen molar-refractivity contribution in [3.8, 4) is 24.7 Å². The number of nitrogens with one attached hydrogen (secondary N) is 1. The fourth-order valence-corrected chi connectivity index (χ4v) is 0.292. The first-order valence-corrected chi connectivity index (χ1v) is 4.30. The van der Waals surface area contributed by atoms with Crippen LogP contribution in [0.25, 0.3) is 0 Å². The zero-order chi connectivity index (χ0) is 11.6. The summed E-state index contributed by atoms with van der Waals surface area (Å²) in [5.41, 5.74) is 0. The predicted molar refractivity (Wildman–Crippen MR) is 59.5 cm³/mol. The molecular formula is C11H18N2O. The second-order valence-electron chi connectivity index (χ2n) is 2.79. The molecule has 0 aromatic rings. The number of rotatable bonds is 3. The fourth-order valence-electron chi connectivity index (χ4n) is 0.292. The minimum absolute atomic E-state index is 0.0903. The lowest BCUT2D eigenvalue weighted by Crippen LogP contribution is -2.25. The Morgan fingerprint density at radius 1 is 1.36 bits per heavy atom. The Morgan fingerprint density at radius 2 is 1.86 bits per heavy atom. The standard InChI is InChI=1S/C6H9NO.C5H9N/c1-4-6(2)7(3)5-8;1-4-5(2)6-3/h1,5-6H,2-3H3;1,5-6H,2-3H3. The van der Waals surface area contributed by atoms with Crippen molar-refractivity contribution in [2.75, 3.05) is 14.1 Å². The quantitative estimate of drug-likeness (QED) is 0.518. The van der Waals surface area contributed by atoms with Gasteiger partial charge >= 0.3 is 0 Å². The van der Waals surface area contributed by atoms with Crippen molar-refractivity contribution in [3.05, 3.63) is 0 Å². The highest BCUT2D eigenvalue weighted by molar-refractivity contribution is 5.47. The lowest BCUT2D eigenvalue weighted by atomic mass is 10.3. The second-order valence-corrected chi connectivity index (χ2v) is 2.79. The van der Waals surface area contributed by atoms with E-state index < -0.39 is 0 Å². The summed E-state index contributed by atoms with van der Waals surface area (Å²) in [6, 6.07) is 0.123. The topological polar surface area (TPSA) is 32.3 Å². The lowest BCUT2D eigenvalue weighted by molar-refractivity contribution is -0.117. The molecule has 0 aliphatic carbocycles. The van der Waals surface area contributed by atoms with Gasteiger partial charge in [-0.2, -0.15) is 0 Å². The number of hydrogen-bond donors (Lipinski definition) is 1. The van der Waals surface area contributed by atoms with E-state index in [0.717, 1.165) is 0 Å². The van der Waals surface area contributed by atoms with Crippen LogP contribution in [0.15, 0.2) is 0 Å². The van der Waals surface area contributed by atoms with Crippen LogP contribution in [0.5, 0.6) is 0 Å². The molecule has 0 spiro atoms. The van der Waals surface area contributed by atoms with Gasteiger partial charge in [0.15, 0.2) is 0 Å². The van der Waals surface area contributed by atoms with Crippen LogP contribution < -0.4 is 5.32 Å². The number of amides is 1. The summed E-state index contributed by atoms with van der Waals surface area (Å²) in [5.74, 6) is 4.91. The molecule has 0 aliphatic heterocycles. The molecule has 0 fully saturated rings. The van der Waals surface area contributed by atoms with E-state index in [0.29, 0.717) is 6.41 Å². The van der Waals surface area contributed by atoms with Gasteiger partial charge in [0.1, 0.15) is 0 Å². The first kappa shape index (κ1) is 15.0. The molecule has 3 nitrogen and oxygen atoms in total. The molecule has 3 heteroatoms. The highest BCUT2D eigenvalue weighted by Gasteiger charge is 1.98. The van der Waals surface area contributed by atoms with Crippen molar-refractivity contribution < 1.29 is 4.79 Å². The lowest BCUT2D eigenvalue weighted by Gasteiger charge is -2.12. The Balaban J connectivity index is 0. The number of carbonyl (C=O) groups is 1. The smallest absolute Gasteiger partial charge is 0.210 e. The predicted octanol–water partition coefficient (Wildman–Crippen LogP) is 0.324. The van der Waals surface area contributed by atoms with E-state index in [1.54, 1.807) is 14.0 Å². The number of nitrogens with zero attached hydrogens (tertiary/aromatic N) is 1. The third-order valence-electron chi connectivity index (χ3n) is 1.70. The summed E-state index contributed by atoms with van der Waals surface area (Å²) in [4.78, 5) is 11.4. The van der Waals surface area contributed by atoms with E-state index in [-0.39, 0.29) is 12.1 Å². The number of carbonyl (C=O) groups excluding carboxylic acids is 1. The molecule has 0 radical (unpaired) electrons. The van der Waals surface area contributed by atoms with Crippen LogP contribution in [0.1, 0.15) is 13.8 Å². The van der Waals surface area contributed by atoms with Crippen molar-refractivity contribution in [1.82, 2.24) is 10.2 Å². The molecule has 14 heavy (non-hydrogen) atoms. The minimum Gasteiger partial charge on any atom is -0.335 e. The minimum atomic E-state index is -0.0903. The molecule has 0 heterocycles. The molecular weight excluding hydrogens is 176 g/mol. The molecule has 2 unspecified atom stereocenters. The maximum atomic E-state index is 9.94. The Labute approximate surface area is 86.9 Å². The molecule has 1 amide bonds. The molecule has 1 N–H and O–H groups in total. The summed E-state index contributed by atoms with van der Waals surface area (Å²) in [6.45, 7) is 3.72. The van der Waals surface area contributed by atoms with Crippen LogP contribution in [-0.4, -0.2) is 37.5 Å². The third kappa shape index (κ3) is 8.64. The Morgan fingerprint density at radius 3 is 1.93 bits per heavy atom. The van der Waals surface area contributed by atoms with Crippen molar-refractivity contribution in [3.63, 3.8) is 0 Å². The van der Waals surface area contributed by atoms with Crippen LogP contribution in [0.3, 0.4) is 0 Å². The zero-order valence-electron chi connectivity index (χ0n) is 9.24. The van der Waals surface area contributed by atoms with Gasteiger partial charge in [0.25, 0.3) is 0 Å².